The monoisotopic (exact) mass is 418 g/mol. The number of aromatic carboxylic acids is 1. The molecule has 1 aliphatic heterocycles. The van der Waals surface area contributed by atoms with E-state index >= 15 is 0 Å². The lowest BCUT2D eigenvalue weighted by Gasteiger charge is -2.36. The lowest BCUT2D eigenvalue weighted by Crippen LogP contribution is -2.50. The summed E-state index contributed by atoms with van der Waals surface area (Å²) >= 11 is 0. The number of urea groups is 1. The Balaban J connectivity index is 1.78. The third-order valence-electron chi connectivity index (χ3n) is 4.50. The molecule has 2 heterocycles. The molecule has 0 spiro atoms. The number of amides is 2. The second-order valence-electron chi connectivity index (χ2n) is 6.42. The molecule has 0 bridgehead atoms. The van der Waals surface area contributed by atoms with Gasteiger partial charge >= 0.3 is 12.2 Å². The van der Waals surface area contributed by atoms with Crippen molar-refractivity contribution in [1.82, 2.24) is 9.88 Å². The number of anilines is 2. The van der Waals surface area contributed by atoms with Crippen LogP contribution < -0.4 is 15.3 Å². The van der Waals surface area contributed by atoms with Crippen molar-refractivity contribution in [2.24, 2.45) is 0 Å². The average Bonchev–Trinajstić information content (AvgIpc) is 2.72. The molecule has 11 heteroatoms. The largest absolute Gasteiger partial charge is 0.545 e. The number of para-hydroxylation sites is 1. The summed E-state index contributed by atoms with van der Waals surface area (Å²) in [6.45, 7) is 0.585. The predicted octanol–water partition coefficient (Wildman–Crippen LogP) is 1.69. The molecule has 156 valence electrons. The Kier molecular flexibility index (Phi) is 5.77. The van der Waals surface area contributed by atoms with E-state index in [0.29, 0.717) is 11.8 Å². The van der Waals surface area contributed by atoms with Gasteiger partial charge in [-0.3, -0.25) is 0 Å². The van der Waals surface area contributed by atoms with Gasteiger partial charge in [-0.15, -0.1) is 0 Å². The normalized spacial score (nSPS) is 14.2. The molecule has 0 atom stereocenters. The summed E-state index contributed by atoms with van der Waals surface area (Å²) in [5.41, 5.74) is -2.53. The molecule has 30 heavy (non-hydrogen) atoms. The zero-order chi connectivity index (χ0) is 21.9. The zero-order valence-corrected chi connectivity index (χ0v) is 15.4. The molecule has 2 aromatic rings. The first-order chi connectivity index (χ1) is 14.2. The number of nitrogens with zero attached hydrogens (tertiary/aromatic N) is 4. The Morgan fingerprint density at radius 2 is 1.77 bits per heavy atom. The predicted molar refractivity (Wildman–Crippen MR) is 97.5 cm³/mol. The number of rotatable bonds is 3. The molecule has 1 aliphatic rings. The van der Waals surface area contributed by atoms with E-state index in [-0.39, 0.29) is 43.6 Å². The smallest absolute Gasteiger partial charge is 0.434 e. The Morgan fingerprint density at radius 3 is 2.30 bits per heavy atom. The maximum atomic E-state index is 13.3. The molecule has 2 amide bonds. The maximum Gasteiger partial charge on any atom is 0.434 e. The topological polar surface area (TPSA) is 112 Å². The van der Waals surface area contributed by atoms with E-state index in [1.165, 1.54) is 9.80 Å². The highest BCUT2D eigenvalue weighted by atomic mass is 19.4. The third kappa shape index (κ3) is 4.43. The Hall–Kier alpha value is -3.81. The minimum Gasteiger partial charge on any atom is -0.545 e. The molecular weight excluding hydrogens is 403 g/mol. The summed E-state index contributed by atoms with van der Waals surface area (Å²) < 4.78 is 39.8. The van der Waals surface area contributed by atoms with E-state index in [1.54, 1.807) is 36.4 Å². The lowest BCUT2D eigenvalue weighted by molar-refractivity contribution is -0.255. The average molecular weight is 418 g/mol. The second kappa shape index (κ2) is 8.28. The number of carboxylic acids is 1. The number of hydrogen-bond donors (Lipinski definition) is 1. The number of nitriles is 1. The fourth-order valence-corrected chi connectivity index (χ4v) is 3.04. The van der Waals surface area contributed by atoms with Gasteiger partial charge in [0.05, 0.1) is 11.5 Å². The Labute approximate surface area is 169 Å². The molecule has 1 fully saturated rings. The second-order valence-corrected chi connectivity index (χ2v) is 6.42. The standard InChI is InChI=1S/C19H16F3N5O3/c20-19(21,22)15-14(17(28)29)10-12(11-23)16(25-15)26-6-8-27(9-7-26)18(30)24-13-4-2-1-3-5-13/h1-5,10H,6-9H2,(H,24,30)(H,28,29)/p-1. The van der Waals surface area contributed by atoms with Crippen LogP contribution in [0.25, 0.3) is 0 Å². The summed E-state index contributed by atoms with van der Waals surface area (Å²) in [7, 11) is 0. The molecule has 0 radical (unpaired) electrons. The van der Waals surface area contributed by atoms with Crippen molar-refractivity contribution in [3.63, 3.8) is 0 Å². The molecule has 1 aromatic carbocycles. The molecule has 1 saturated heterocycles. The molecule has 3 rings (SSSR count). The summed E-state index contributed by atoms with van der Waals surface area (Å²) in [5.74, 6) is -2.35. The minimum atomic E-state index is -5.03. The van der Waals surface area contributed by atoms with Crippen LogP contribution in [0.5, 0.6) is 0 Å². The number of alkyl halides is 3. The SMILES string of the molecule is N#Cc1cc(C(=O)[O-])c(C(F)(F)F)nc1N1CCN(C(=O)Nc2ccccc2)CC1. The van der Waals surface area contributed by atoms with Gasteiger partial charge < -0.3 is 25.0 Å². The number of pyridine rings is 1. The minimum absolute atomic E-state index is 0.117. The lowest BCUT2D eigenvalue weighted by atomic mass is 10.1. The van der Waals surface area contributed by atoms with Gasteiger partial charge in [-0.25, -0.2) is 9.78 Å². The number of nitrogens with one attached hydrogen (secondary N) is 1. The quantitative estimate of drug-likeness (QED) is 0.812. The molecule has 0 unspecified atom stereocenters. The number of aromatic nitrogens is 1. The van der Waals surface area contributed by atoms with Gasteiger partial charge in [0.1, 0.15) is 11.9 Å². The van der Waals surface area contributed by atoms with Crippen molar-refractivity contribution < 1.29 is 27.9 Å². The molecule has 0 aliphatic carbocycles. The van der Waals surface area contributed by atoms with Crippen molar-refractivity contribution in [1.29, 1.82) is 5.26 Å². The van der Waals surface area contributed by atoms with Gasteiger partial charge in [0, 0.05) is 37.4 Å². The van der Waals surface area contributed by atoms with Crippen molar-refractivity contribution in [2.45, 2.75) is 6.18 Å². The first-order valence-corrected chi connectivity index (χ1v) is 8.80. The van der Waals surface area contributed by atoms with Crippen LogP contribution >= 0.6 is 0 Å². The number of halogens is 3. The molecular formula is C19H15F3N5O3-. The van der Waals surface area contributed by atoms with Crippen LogP contribution in [-0.2, 0) is 6.18 Å². The van der Waals surface area contributed by atoms with Crippen molar-refractivity contribution in [3.8, 4) is 6.07 Å². The van der Waals surface area contributed by atoms with E-state index in [0.717, 1.165) is 0 Å². The van der Waals surface area contributed by atoms with Crippen LogP contribution in [0.15, 0.2) is 36.4 Å². The van der Waals surface area contributed by atoms with Crippen LogP contribution in [0.2, 0.25) is 0 Å². The van der Waals surface area contributed by atoms with E-state index < -0.39 is 23.4 Å². The van der Waals surface area contributed by atoms with Gasteiger partial charge in [0.2, 0.25) is 0 Å². The van der Waals surface area contributed by atoms with Gasteiger partial charge in [-0.1, -0.05) is 18.2 Å². The van der Waals surface area contributed by atoms with E-state index in [4.69, 9.17) is 0 Å². The zero-order valence-electron chi connectivity index (χ0n) is 15.4. The summed E-state index contributed by atoms with van der Waals surface area (Å²) in [6, 6.07) is 10.7. The van der Waals surface area contributed by atoms with Gasteiger partial charge in [-0.05, 0) is 18.2 Å². The number of hydrogen-bond acceptors (Lipinski definition) is 6. The van der Waals surface area contributed by atoms with Crippen molar-refractivity contribution in [2.75, 3.05) is 36.4 Å². The molecule has 1 aromatic heterocycles. The van der Waals surface area contributed by atoms with Crippen LogP contribution in [0.4, 0.5) is 29.5 Å². The highest BCUT2D eigenvalue weighted by Crippen LogP contribution is 2.33. The van der Waals surface area contributed by atoms with E-state index in [1.807, 2.05) is 0 Å². The van der Waals surface area contributed by atoms with E-state index in [9.17, 15) is 33.1 Å². The first kappa shape index (κ1) is 20.9. The van der Waals surface area contributed by atoms with Crippen LogP contribution in [-0.4, -0.2) is 48.1 Å². The number of piperazine rings is 1. The fraction of sp³-hybridized carbons (Fsp3) is 0.263. The Morgan fingerprint density at radius 1 is 1.13 bits per heavy atom. The first-order valence-electron chi connectivity index (χ1n) is 8.80. The van der Waals surface area contributed by atoms with Gasteiger partial charge in [0.15, 0.2) is 5.69 Å². The fourth-order valence-electron chi connectivity index (χ4n) is 3.04. The Bertz CT molecular complexity index is 997. The van der Waals surface area contributed by atoms with Gasteiger partial charge in [0.25, 0.3) is 0 Å². The summed E-state index contributed by atoms with van der Waals surface area (Å²) in [6.07, 6.45) is -5.03. The van der Waals surface area contributed by atoms with E-state index in [2.05, 4.69) is 10.3 Å². The number of benzene rings is 1. The highest BCUT2D eigenvalue weighted by Gasteiger charge is 2.37. The summed E-state index contributed by atoms with van der Waals surface area (Å²) in [5, 5.41) is 23.1. The van der Waals surface area contributed by atoms with Gasteiger partial charge in [-0.2, -0.15) is 18.4 Å². The summed E-state index contributed by atoms with van der Waals surface area (Å²) in [4.78, 5) is 29.7. The molecule has 0 saturated carbocycles. The number of carbonyl (C=O) groups is 2. The molecule has 1 N–H and O–H groups in total. The van der Waals surface area contributed by atoms with Crippen LogP contribution in [0.3, 0.4) is 0 Å². The molecule has 8 nitrogen and oxygen atoms in total. The van der Waals surface area contributed by atoms with Crippen LogP contribution in [0.1, 0.15) is 21.6 Å². The maximum absolute atomic E-state index is 13.3. The third-order valence-corrected chi connectivity index (χ3v) is 4.50. The number of carbonyl (C=O) groups excluding carboxylic acids is 2. The van der Waals surface area contributed by atoms with Crippen molar-refractivity contribution >= 4 is 23.5 Å². The van der Waals surface area contributed by atoms with Crippen LogP contribution in [0, 0.1) is 11.3 Å². The highest BCUT2D eigenvalue weighted by molar-refractivity contribution is 5.90. The number of carboxylic acid groups (broad SMARTS) is 1. The van der Waals surface area contributed by atoms with Crippen molar-refractivity contribution in [3.05, 3.63) is 53.2 Å².